The lowest BCUT2D eigenvalue weighted by Gasteiger charge is -2.17. The fourth-order valence-electron chi connectivity index (χ4n) is 2.58. The number of aryl methyl sites for hydroxylation is 1. The monoisotopic (exact) mass is 397 g/mol. The molecule has 3 rings (SSSR count). The van der Waals surface area contributed by atoms with Gasteiger partial charge in [0.15, 0.2) is 5.16 Å². The maximum atomic E-state index is 12.5. The molecule has 3 aromatic rings. The molecule has 0 aliphatic heterocycles. The van der Waals surface area contributed by atoms with Crippen molar-refractivity contribution in [1.82, 2.24) is 14.8 Å². The van der Waals surface area contributed by atoms with E-state index in [2.05, 4.69) is 10.2 Å². The van der Waals surface area contributed by atoms with Crippen LogP contribution in [0.15, 0.2) is 59.8 Å². The summed E-state index contributed by atoms with van der Waals surface area (Å²) in [6.45, 7) is 2.51. The highest BCUT2D eigenvalue weighted by Gasteiger charge is 2.16. The molecule has 0 saturated carbocycles. The molecule has 8 nitrogen and oxygen atoms in total. The number of carbonyl (C=O) groups excluding carboxylic acids is 1. The highest BCUT2D eigenvalue weighted by molar-refractivity contribution is 7.99. The average Bonchev–Trinajstić information content (AvgIpc) is 3.06. The molecule has 2 aromatic carbocycles. The maximum absolute atomic E-state index is 12.5. The van der Waals surface area contributed by atoms with Crippen LogP contribution in [0.5, 0.6) is 0 Å². The van der Waals surface area contributed by atoms with E-state index in [0.29, 0.717) is 17.4 Å². The molecule has 0 aliphatic carbocycles. The van der Waals surface area contributed by atoms with Gasteiger partial charge in [-0.05, 0) is 24.6 Å². The predicted molar refractivity (Wildman–Crippen MR) is 108 cm³/mol. The molecule has 0 N–H and O–H groups in total. The summed E-state index contributed by atoms with van der Waals surface area (Å²) < 4.78 is 1.97. The SMILES string of the molecule is Cc1nnc(SCC(=O)N(C)c2ccc([N+](=O)[O-])cc2)n1Cc1ccccc1. The number of carbonyl (C=O) groups is 1. The first-order valence-electron chi connectivity index (χ1n) is 8.53. The first-order valence-corrected chi connectivity index (χ1v) is 9.52. The van der Waals surface area contributed by atoms with Crippen LogP contribution in [0.4, 0.5) is 11.4 Å². The van der Waals surface area contributed by atoms with Crippen molar-refractivity contribution in [2.75, 3.05) is 17.7 Å². The number of anilines is 1. The highest BCUT2D eigenvalue weighted by Crippen LogP contribution is 2.22. The van der Waals surface area contributed by atoms with Gasteiger partial charge >= 0.3 is 0 Å². The summed E-state index contributed by atoms with van der Waals surface area (Å²) in [4.78, 5) is 24.3. The van der Waals surface area contributed by atoms with E-state index in [9.17, 15) is 14.9 Å². The molecule has 144 valence electrons. The number of hydrogen-bond acceptors (Lipinski definition) is 6. The zero-order valence-corrected chi connectivity index (χ0v) is 16.3. The second kappa shape index (κ2) is 8.66. The van der Waals surface area contributed by atoms with Crippen molar-refractivity contribution in [2.24, 2.45) is 0 Å². The van der Waals surface area contributed by atoms with Crippen LogP contribution in [-0.2, 0) is 11.3 Å². The molecule has 0 radical (unpaired) electrons. The third-order valence-electron chi connectivity index (χ3n) is 4.23. The van der Waals surface area contributed by atoms with Gasteiger partial charge in [-0.1, -0.05) is 42.1 Å². The molecule has 28 heavy (non-hydrogen) atoms. The van der Waals surface area contributed by atoms with Crippen molar-refractivity contribution in [3.8, 4) is 0 Å². The lowest BCUT2D eigenvalue weighted by atomic mass is 10.2. The van der Waals surface area contributed by atoms with Crippen molar-refractivity contribution >= 4 is 29.0 Å². The lowest BCUT2D eigenvalue weighted by molar-refractivity contribution is -0.384. The highest BCUT2D eigenvalue weighted by atomic mass is 32.2. The summed E-state index contributed by atoms with van der Waals surface area (Å²) in [6.07, 6.45) is 0. The number of amides is 1. The molecule has 0 atom stereocenters. The summed E-state index contributed by atoms with van der Waals surface area (Å²) >= 11 is 1.32. The van der Waals surface area contributed by atoms with Gasteiger partial charge in [0, 0.05) is 24.9 Å². The number of benzene rings is 2. The Morgan fingerprint density at radius 2 is 1.82 bits per heavy atom. The number of rotatable bonds is 7. The van der Waals surface area contributed by atoms with Crippen LogP contribution in [0.1, 0.15) is 11.4 Å². The van der Waals surface area contributed by atoms with Crippen molar-refractivity contribution in [3.05, 3.63) is 76.1 Å². The van der Waals surface area contributed by atoms with Crippen molar-refractivity contribution in [2.45, 2.75) is 18.6 Å². The number of hydrogen-bond donors (Lipinski definition) is 0. The number of nitro benzene ring substituents is 1. The molecule has 1 amide bonds. The molecule has 0 bridgehead atoms. The van der Waals surface area contributed by atoms with Gasteiger partial charge in [0.2, 0.25) is 5.91 Å². The third-order valence-corrected chi connectivity index (χ3v) is 5.18. The number of non-ortho nitro benzene ring substituents is 1. The number of aromatic nitrogens is 3. The van der Waals surface area contributed by atoms with Crippen molar-refractivity contribution < 1.29 is 9.72 Å². The number of thioether (sulfide) groups is 1. The van der Waals surface area contributed by atoms with Crippen molar-refractivity contribution in [1.29, 1.82) is 0 Å². The Labute approximate surface area is 166 Å². The van der Waals surface area contributed by atoms with E-state index in [1.165, 1.54) is 28.8 Å². The lowest BCUT2D eigenvalue weighted by Crippen LogP contribution is -2.28. The molecule has 0 fully saturated rings. The molecule has 9 heteroatoms. The molecular weight excluding hydrogens is 378 g/mol. The van der Waals surface area contributed by atoms with Crippen LogP contribution in [0.3, 0.4) is 0 Å². The van der Waals surface area contributed by atoms with Gasteiger partial charge in [-0.15, -0.1) is 10.2 Å². The van der Waals surface area contributed by atoms with Gasteiger partial charge in [0.25, 0.3) is 5.69 Å². The normalized spacial score (nSPS) is 10.6. The van der Waals surface area contributed by atoms with Gasteiger partial charge < -0.3 is 9.47 Å². The zero-order chi connectivity index (χ0) is 20.1. The average molecular weight is 397 g/mol. The van der Waals surface area contributed by atoms with E-state index in [4.69, 9.17) is 0 Å². The third kappa shape index (κ3) is 4.55. The summed E-state index contributed by atoms with van der Waals surface area (Å²) in [5, 5.41) is 19.7. The van der Waals surface area contributed by atoms with Crippen LogP contribution >= 0.6 is 11.8 Å². The molecule has 1 heterocycles. The minimum Gasteiger partial charge on any atom is -0.315 e. The Hall–Kier alpha value is -3.20. The summed E-state index contributed by atoms with van der Waals surface area (Å²) in [5.74, 6) is 0.828. The van der Waals surface area contributed by atoms with Crippen LogP contribution < -0.4 is 4.90 Å². The van der Waals surface area contributed by atoms with Crippen LogP contribution in [-0.4, -0.2) is 38.4 Å². The van der Waals surface area contributed by atoms with E-state index >= 15 is 0 Å². The first-order chi connectivity index (χ1) is 13.5. The molecular formula is C19H19N5O3S. The Balaban J connectivity index is 1.65. The minimum atomic E-state index is -0.469. The van der Waals surface area contributed by atoms with E-state index in [-0.39, 0.29) is 17.3 Å². The van der Waals surface area contributed by atoms with E-state index in [1.807, 2.05) is 41.8 Å². The largest absolute Gasteiger partial charge is 0.315 e. The summed E-state index contributed by atoms with van der Waals surface area (Å²) in [5.41, 5.74) is 1.71. The van der Waals surface area contributed by atoms with Crippen LogP contribution in [0.2, 0.25) is 0 Å². The first kappa shape index (κ1) is 19.6. The second-order valence-corrected chi connectivity index (χ2v) is 7.06. The number of nitro groups is 1. The van der Waals surface area contributed by atoms with E-state index in [1.54, 1.807) is 19.2 Å². The molecule has 0 unspecified atom stereocenters. The Bertz CT molecular complexity index is 973. The van der Waals surface area contributed by atoms with E-state index in [0.717, 1.165) is 11.4 Å². The predicted octanol–water partition coefficient (Wildman–Crippen LogP) is 3.30. The van der Waals surface area contributed by atoms with Crippen molar-refractivity contribution in [3.63, 3.8) is 0 Å². The molecule has 0 aliphatic rings. The smallest absolute Gasteiger partial charge is 0.269 e. The molecule has 1 aromatic heterocycles. The van der Waals surface area contributed by atoms with Gasteiger partial charge in [-0.2, -0.15) is 0 Å². The summed E-state index contributed by atoms with van der Waals surface area (Å²) in [6, 6.07) is 15.9. The van der Waals surface area contributed by atoms with Gasteiger partial charge in [-0.25, -0.2) is 0 Å². The van der Waals surface area contributed by atoms with Crippen LogP contribution in [0, 0.1) is 17.0 Å². The quantitative estimate of drug-likeness (QED) is 0.345. The Kier molecular flexibility index (Phi) is 6.05. The van der Waals surface area contributed by atoms with Gasteiger partial charge in [0.05, 0.1) is 17.2 Å². The van der Waals surface area contributed by atoms with Gasteiger partial charge in [-0.3, -0.25) is 14.9 Å². The standard InChI is InChI=1S/C19H19N5O3S/c1-14-20-21-19(23(14)12-15-6-4-3-5-7-15)28-13-18(25)22(2)16-8-10-17(11-9-16)24(26)27/h3-11H,12-13H2,1-2H3. The maximum Gasteiger partial charge on any atom is 0.269 e. The second-order valence-electron chi connectivity index (χ2n) is 6.12. The Morgan fingerprint density at radius 3 is 2.46 bits per heavy atom. The topological polar surface area (TPSA) is 94.2 Å². The zero-order valence-electron chi connectivity index (χ0n) is 15.5. The number of nitrogens with zero attached hydrogens (tertiary/aromatic N) is 5. The van der Waals surface area contributed by atoms with Gasteiger partial charge in [0.1, 0.15) is 5.82 Å². The fourth-order valence-corrected chi connectivity index (χ4v) is 3.48. The minimum absolute atomic E-state index is 0.0107. The Morgan fingerprint density at radius 1 is 1.14 bits per heavy atom. The molecule has 0 saturated heterocycles. The van der Waals surface area contributed by atoms with Crippen LogP contribution in [0.25, 0.3) is 0 Å². The van der Waals surface area contributed by atoms with E-state index < -0.39 is 4.92 Å². The molecule has 0 spiro atoms. The fraction of sp³-hybridized carbons (Fsp3) is 0.211. The summed E-state index contributed by atoms with van der Waals surface area (Å²) in [7, 11) is 1.64.